The fourth-order valence-corrected chi connectivity index (χ4v) is 5.86. The lowest BCUT2D eigenvalue weighted by Crippen LogP contribution is -2.23. The Bertz CT molecular complexity index is 1080. The number of hydrazone groups is 1. The number of hydrogen-bond donors (Lipinski definition) is 4. The zero-order valence-electron chi connectivity index (χ0n) is 17.5. The van der Waals surface area contributed by atoms with Crippen molar-refractivity contribution >= 4 is 50.5 Å². The van der Waals surface area contributed by atoms with Gasteiger partial charge < -0.3 is 16.0 Å². The first-order valence-corrected chi connectivity index (χ1v) is 11.9. The van der Waals surface area contributed by atoms with Crippen molar-refractivity contribution in [1.82, 2.24) is 21.0 Å². The topological polar surface area (TPSA) is 90.4 Å². The number of hydrogen-bond acceptors (Lipinski definition) is 8. The van der Waals surface area contributed by atoms with E-state index in [-0.39, 0.29) is 5.91 Å². The molecule has 0 aliphatic carbocycles. The predicted molar refractivity (Wildman–Crippen MR) is 131 cm³/mol. The average molecular weight is 455 g/mol. The first-order valence-electron chi connectivity index (χ1n) is 10.2. The van der Waals surface area contributed by atoms with E-state index in [2.05, 4.69) is 39.3 Å². The second-order valence-electron chi connectivity index (χ2n) is 7.37. The van der Waals surface area contributed by atoms with E-state index in [1.54, 1.807) is 28.9 Å². The Morgan fingerprint density at radius 1 is 1.35 bits per heavy atom. The Morgan fingerprint density at radius 3 is 3.06 bits per heavy atom. The molecule has 31 heavy (non-hydrogen) atoms. The molecule has 0 fully saturated rings. The van der Waals surface area contributed by atoms with Crippen molar-refractivity contribution in [2.24, 2.45) is 5.10 Å². The molecule has 0 saturated carbocycles. The van der Waals surface area contributed by atoms with Crippen LogP contribution >= 0.6 is 22.7 Å². The van der Waals surface area contributed by atoms with Crippen LogP contribution in [0.1, 0.15) is 23.8 Å². The maximum absolute atomic E-state index is 12.7. The van der Waals surface area contributed by atoms with Crippen LogP contribution in [0.2, 0.25) is 0 Å². The van der Waals surface area contributed by atoms with Gasteiger partial charge in [-0.25, -0.2) is 4.98 Å². The largest absolute Gasteiger partial charge is 0.317 e. The van der Waals surface area contributed by atoms with E-state index in [0.717, 1.165) is 50.9 Å². The fourth-order valence-electron chi connectivity index (χ4n) is 3.51. The molecule has 0 spiro atoms. The number of benzene rings is 1. The third kappa shape index (κ3) is 5.19. The Kier molecular flexibility index (Phi) is 7.08. The number of thiazole rings is 1. The Morgan fingerprint density at radius 2 is 2.23 bits per heavy atom. The molecule has 1 aliphatic rings. The number of amides is 1. The van der Waals surface area contributed by atoms with Crippen LogP contribution in [0.3, 0.4) is 0 Å². The maximum Gasteiger partial charge on any atom is 0.226 e. The van der Waals surface area contributed by atoms with Gasteiger partial charge in [0.2, 0.25) is 5.91 Å². The molecule has 2 aromatic heterocycles. The first-order chi connectivity index (χ1) is 15.2. The highest BCUT2D eigenvalue weighted by Crippen LogP contribution is 2.44. The number of nitrogens with zero attached hydrogens (tertiary/aromatic N) is 2. The lowest BCUT2D eigenvalue weighted by molar-refractivity contribution is -0.116. The molecule has 0 bridgehead atoms. The Hall–Kier alpha value is -2.59. The average Bonchev–Trinajstić information content (AvgIpc) is 3.35. The predicted octanol–water partition coefficient (Wildman–Crippen LogP) is 3.70. The summed E-state index contributed by atoms with van der Waals surface area (Å²) in [5, 5.41) is 15.3. The highest BCUT2D eigenvalue weighted by atomic mass is 32.1. The molecule has 7 nitrogen and oxygen atoms in total. The van der Waals surface area contributed by atoms with Gasteiger partial charge in [-0.2, -0.15) is 5.10 Å². The second-order valence-corrected chi connectivity index (χ2v) is 9.51. The molecule has 9 heteroatoms. The van der Waals surface area contributed by atoms with E-state index in [1.165, 1.54) is 10.4 Å². The third-order valence-electron chi connectivity index (χ3n) is 5.02. The minimum atomic E-state index is 0.00827. The summed E-state index contributed by atoms with van der Waals surface area (Å²) in [7, 11) is 0. The molecule has 162 valence electrons. The lowest BCUT2D eigenvalue weighted by Gasteiger charge is -2.13. The molecule has 0 saturated heterocycles. The number of thiophene rings is 1. The number of fused-ring (bicyclic) bond motifs is 2. The standard InChI is InChI=1S/C22H26N6OS2/c1-14(12-26-23-2)11-24-10-8-19(29)28-22-20(15-7-9-25-13-18(15)31-22)21-27-16-5-3-4-6-17(16)30-21/h3-6,12,24-26H,2,7-11,13H2,1H3,(H,28,29)/b14-12+. The fraction of sp³-hybridized carbons (Fsp3) is 0.318. The number of carbonyl (C=O) groups excluding carboxylic acids is 1. The molecule has 1 amide bonds. The summed E-state index contributed by atoms with van der Waals surface area (Å²) in [6, 6.07) is 8.18. The van der Waals surface area contributed by atoms with Gasteiger partial charge in [0.25, 0.3) is 0 Å². The molecule has 4 rings (SSSR count). The Balaban J connectivity index is 1.47. The number of rotatable bonds is 9. The maximum atomic E-state index is 12.7. The number of anilines is 1. The van der Waals surface area contributed by atoms with Crippen LogP contribution in [0.5, 0.6) is 0 Å². The van der Waals surface area contributed by atoms with Gasteiger partial charge in [0.1, 0.15) is 10.0 Å². The minimum Gasteiger partial charge on any atom is -0.317 e. The van der Waals surface area contributed by atoms with Crippen LogP contribution < -0.4 is 21.4 Å². The highest BCUT2D eigenvalue weighted by molar-refractivity contribution is 7.22. The SMILES string of the molecule is C=NN/C=C(\C)CNCCC(=O)Nc1sc2c(c1-c1nc3ccccc3s1)CCNC2. The zero-order chi connectivity index (χ0) is 21.6. The van der Waals surface area contributed by atoms with Crippen molar-refractivity contribution in [1.29, 1.82) is 0 Å². The molecule has 1 aromatic carbocycles. The van der Waals surface area contributed by atoms with E-state index in [0.29, 0.717) is 19.5 Å². The molecular weight excluding hydrogens is 428 g/mol. The van der Waals surface area contributed by atoms with Crippen LogP contribution in [0, 0.1) is 0 Å². The number of nitrogens with one attached hydrogen (secondary N) is 4. The molecule has 4 N–H and O–H groups in total. The third-order valence-corrected chi connectivity index (χ3v) is 7.22. The summed E-state index contributed by atoms with van der Waals surface area (Å²) in [4.78, 5) is 18.8. The van der Waals surface area contributed by atoms with Gasteiger partial charge >= 0.3 is 0 Å². The van der Waals surface area contributed by atoms with Crippen molar-refractivity contribution < 1.29 is 4.79 Å². The number of carbonyl (C=O) groups is 1. The molecule has 0 unspecified atom stereocenters. The van der Waals surface area contributed by atoms with Crippen LogP contribution in [0.25, 0.3) is 20.8 Å². The molecule has 3 aromatic rings. The van der Waals surface area contributed by atoms with E-state index in [9.17, 15) is 4.79 Å². The lowest BCUT2D eigenvalue weighted by atomic mass is 10.0. The summed E-state index contributed by atoms with van der Waals surface area (Å²) >= 11 is 3.35. The van der Waals surface area contributed by atoms with Gasteiger partial charge in [0, 0.05) is 49.4 Å². The van der Waals surface area contributed by atoms with E-state index < -0.39 is 0 Å². The summed E-state index contributed by atoms with van der Waals surface area (Å²) in [6.07, 6.45) is 3.14. The van der Waals surface area contributed by atoms with Crippen molar-refractivity contribution in [2.75, 3.05) is 25.0 Å². The summed E-state index contributed by atoms with van der Waals surface area (Å²) < 4.78 is 1.16. The van der Waals surface area contributed by atoms with Crippen LogP contribution in [-0.4, -0.2) is 37.2 Å². The Labute approximate surface area is 189 Å². The summed E-state index contributed by atoms with van der Waals surface area (Å²) in [6.45, 7) is 8.43. The van der Waals surface area contributed by atoms with Gasteiger partial charge in [0.15, 0.2) is 0 Å². The van der Waals surface area contributed by atoms with Crippen molar-refractivity contribution in [3.8, 4) is 10.6 Å². The van der Waals surface area contributed by atoms with Gasteiger partial charge in [0.05, 0.1) is 10.2 Å². The molecule has 0 atom stereocenters. The van der Waals surface area contributed by atoms with E-state index in [4.69, 9.17) is 4.98 Å². The van der Waals surface area contributed by atoms with E-state index in [1.807, 2.05) is 25.1 Å². The number of aromatic nitrogens is 1. The van der Waals surface area contributed by atoms with Gasteiger partial charge in [-0.15, -0.1) is 22.7 Å². The smallest absolute Gasteiger partial charge is 0.226 e. The molecule has 1 aliphatic heterocycles. The quantitative estimate of drug-likeness (QED) is 0.225. The first kappa shape index (κ1) is 21.6. The normalized spacial score (nSPS) is 13.8. The van der Waals surface area contributed by atoms with Crippen molar-refractivity contribution in [3.05, 3.63) is 46.5 Å². The van der Waals surface area contributed by atoms with Gasteiger partial charge in [-0.3, -0.25) is 10.2 Å². The van der Waals surface area contributed by atoms with Crippen LogP contribution in [0.15, 0.2) is 41.1 Å². The molecular formula is C22H26N6OS2. The van der Waals surface area contributed by atoms with Crippen molar-refractivity contribution in [3.63, 3.8) is 0 Å². The van der Waals surface area contributed by atoms with E-state index >= 15 is 0 Å². The van der Waals surface area contributed by atoms with Gasteiger partial charge in [-0.05, 0) is 43.2 Å². The highest BCUT2D eigenvalue weighted by Gasteiger charge is 2.24. The van der Waals surface area contributed by atoms with Crippen LogP contribution in [0.4, 0.5) is 5.00 Å². The van der Waals surface area contributed by atoms with Crippen molar-refractivity contribution in [2.45, 2.75) is 26.3 Å². The zero-order valence-corrected chi connectivity index (χ0v) is 19.1. The molecule has 3 heterocycles. The molecule has 0 radical (unpaired) electrons. The van der Waals surface area contributed by atoms with Crippen LogP contribution in [-0.2, 0) is 17.8 Å². The minimum absolute atomic E-state index is 0.00827. The summed E-state index contributed by atoms with van der Waals surface area (Å²) in [5.41, 5.74) is 7.22. The van der Waals surface area contributed by atoms with Gasteiger partial charge in [-0.1, -0.05) is 12.1 Å². The second kappa shape index (κ2) is 10.1. The monoisotopic (exact) mass is 454 g/mol. The number of para-hydroxylation sites is 1. The summed E-state index contributed by atoms with van der Waals surface area (Å²) in [5.74, 6) is 0.00827.